The summed E-state index contributed by atoms with van der Waals surface area (Å²) < 4.78 is 15.3. The lowest BCUT2D eigenvalue weighted by molar-refractivity contribution is 0.415. The molecule has 0 amide bonds. The Labute approximate surface area is 125 Å². The minimum Gasteiger partial charge on any atom is -0.497 e. The fourth-order valence-electron chi connectivity index (χ4n) is 1.75. The van der Waals surface area contributed by atoms with E-state index in [4.69, 9.17) is 20.8 Å². The van der Waals surface area contributed by atoms with E-state index in [1.165, 1.54) is 11.5 Å². The summed E-state index contributed by atoms with van der Waals surface area (Å²) in [5, 5.41) is 1.46. The van der Waals surface area contributed by atoms with Crippen molar-refractivity contribution >= 4 is 23.1 Å². The molecule has 0 radical (unpaired) electrons. The molecule has 0 saturated heterocycles. The Balaban J connectivity index is 1.91. The second-order valence-electron chi connectivity index (χ2n) is 4.11. The van der Waals surface area contributed by atoms with Gasteiger partial charge in [0.05, 0.1) is 12.7 Å². The third-order valence-electron chi connectivity index (χ3n) is 2.82. The fourth-order valence-corrected chi connectivity index (χ4v) is 2.54. The van der Waals surface area contributed by atoms with Crippen LogP contribution in [0, 0.1) is 0 Å². The van der Waals surface area contributed by atoms with E-state index in [9.17, 15) is 0 Å². The van der Waals surface area contributed by atoms with E-state index in [0.717, 1.165) is 22.0 Å². The van der Waals surface area contributed by atoms with E-state index >= 15 is 0 Å². The van der Waals surface area contributed by atoms with Gasteiger partial charge in [0.1, 0.15) is 11.3 Å². The van der Waals surface area contributed by atoms with Gasteiger partial charge >= 0.3 is 11.0 Å². The summed E-state index contributed by atoms with van der Waals surface area (Å²) in [6.07, 6.45) is 0. The number of nitrogens with zero attached hydrogens (tertiary/aromatic N) is 1. The van der Waals surface area contributed by atoms with Crippen LogP contribution in [0.5, 0.6) is 5.75 Å². The average molecular weight is 305 g/mol. The molecule has 5 heteroatoms. The number of rotatable bonds is 3. The first-order valence-electron chi connectivity index (χ1n) is 5.96. The van der Waals surface area contributed by atoms with Crippen LogP contribution in [0.3, 0.4) is 0 Å². The fraction of sp³-hybridized carbons (Fsp3) is 0.0667. The van der Waals surface area contributed by atoms with Gasteiger partial charge < -0.3 is 4.74 Å². The largest absolute Gasteiger partial charge is 0.598 e. The molecule has 0 unspecified atom stereocenters. The van der Waals surface area contributed by atoms with Crippen molar-refractivity contribution in [3.05, 3.63) is 53.6 Å². The molecule has 0 atom stereocenters. The lowest BCUT2D eigenvalue weighted by Gasteiger charge is -1.95. The standard InChI is InChI=1S/C15H11ClNO2S/c1-18-13-8-4-11(5-9-13)15-19-14(17-20-15)10-2-6-12(16)7-3-10/h2-9H,1H3/q+1. The zero-order valence-corrected chi connectivity index (χ0v) is 12.2. The monoisotopic (exact) mass is 304 g/mol. The maximum Gasteiger partial charge on any atom is 0.598 e. The van der Waals surface area contributed by atoms with Crippen LogP contribution in [-0.4, -0.2) is 7.11 Å². The van der Waals surface area contributed by atoms with Crippen LogP contribution in [0.2, 0.25) is 5.02 Å². The average Bonchev–Trinajstić information content (AvgIpc) is 2.98. The zero-order chi connectivity index (χ0) is 13.9. The number of ether oxygens (including phenoxy) is 1. The van der Waals surface area contributed by atoms with Crippen molar-refractivity contribution in [3.8, 4) is 27.8 Å². The van der Waals surface area contributed by atoms with Crippen LogP contribution >= 0.6 is 23.1 Å². The maximum absolute atomic E-state index is 5.87. The third-order valence-corrected chi connectivity index (χ3v) is 3.81. The van der Waals surface area contributed by atoms with Crippen molar-refractivity contribution in [1.82, 2.24) is 4.37 Å². The number of aromatic nitrogens is 1. The SMILES string of the molecule is COc1ccc(-c2[o+]c(-c3ccc(Cl)cc3)[n-][s+]2)cc1. The van der Waals surface area contributed by atoms with Gasteiger partial charge in [-0.05, 0) is 48.5 Å². The summed E-state index contributed by atoms with van der Waals surface area (Å²) >= 11 is 7.19. The van der Waals surface area contributed by atoms with Crippen LogP contribution in [0.15, 0.2) is 52.9 Å². The normalized spacial score (nSPS) is 10.5. The van der Waals surface area contributed by atoms with Gasteiger partial charge in [-0.2, -0.15) is 4.42 Å². The first-order valence-corrected chi connectivity index (χ1v) is 7.11. The van der Waals surface area contributed by atoms with Crippen molar-refractivity contribution in [2.75, 3.05) is 7.11 Å². The lowest BCUT2D eigenvalue weighted by Crippen LogP contribution is -1.81. The molecule has 0 spiro atoms. The van der Waals surface area contributed by atoms with Gasteiger partial charge in [-0.15, -0.1) is 0 Å². The van der Waals surface area contributed by atoms with Crippen LogP contribution in [0.25, 0.3) is 22.1 Å². The highest BCUT2D eigenvalue weighted by atomic mass is 35.5. The van der Waals surface area contributed by atoms with Crippen LogP contribution in [0.1, 0.15) is 0 Å². The summed E-state index contributed by atoms with van der Waals surface area (Å²) in [4.78, 5) is 0. The molecule has 3 aromatic rings. The molecule has 0 aliphatic rings. The molecule has 1 aromatic heterocycles. The maximum atomic E-state index is 5.87. The Kier molecular flexibility index (Phi) is 3.67. The Morgan fingerprint density at radius 1 is 1.00 bits per heavy atom. The van der Waals surface area contributed by atoms with Crippen molar-refractivity contribution in [2.45, 2.75) is 0 Å². The van der Waals surface area contributed by atoms with E-state index in [-0.39, 0.29) is 0 Å². The Hall–Kier alpha value is -1.91. The van der Waals surface area contributed by atoms with E-state index in [1.54, 1.807) is 7.11 Å². The van der Waals surface area contributed by atoms with E-state index in [0.29, 0.717) is 10.9 Å². The predicted molar refractivity (Wildman–Crippen MR) is 81.2 cm³/mol. The first kappa shape index (κ1) is 13.1. The van der Waals surface area contributed by atoms with Gasteiger partial charge in [0.15, 0.2) is 0 Å². The molecule has 2 aromatic carbocycles. The number of benzene rings is 2. The number of hydrogen-bond donors (Lipinski definition) is 0. The van der Waals surface area contributed by atoms with Gasteiger partial charge in [-0.1, -0.05) is 11.6 Å². The van der Waals surface area contributed by atoms with E-state index in [2.05, 4.69) is 4.37 Å². The van der Waals surface area contributed by atoms with E-state index in [1.807, 2.05) is 48.5 Å². The quantitative estimate of drug-likeness (QED) is 0.648. The molecule has 3 rings (SSSR count). The molecule has 0 aliphatic carbocycles. The molecule has 3 nitrogen and oxygen atoms in total. The molecule has 0 N–H and O–H groups in total. The minimum absolute atomic E-state index is 0.595. The molecule has 0 fully saturated rings. The van der Waals surface area contributed by atoms with Gasteiger partial charge in [-0.25, -0.2) is 0 Å². The van der Waals surface area contributed by atoms with Crippen LogP contribution < -0.4 is 9.11 Å². The molecule has 20 heavy (non-hydrogen) atoms. The summed E-state index contributed by atoms with van der Waals surface area (Å²) in [7, 11) is 1.64. The van der Waals surface area contributed by atoms with Crippen molar-refractivity contribution in [1.29, 1.82) is 0 Å². The summed E-state index contributed by atoms with van der Waals surface area (Å²) in [6.45, 7) is 0. The molecular weight excluding hydrogens is 294 g/mol. The van der Waals surface area contributed by atoms with Crippen molar-refractivity contribution in [2.24, 2.45) is 0 Å². The molecule has 0 bridgehead atoms. The first-order chi connectivity index (χ1) is 9.76. The molecule has 1 heterocycles. The summed E-state index contributed by atoms with van der Waals surface area (Å²) in [6, 6.07) is 15.1. The van der Waals surface area contributed by atoms with Crippen molar-refractivity contribution in [3.63, 3.8) is 0 Å². The second-order valence-corrected chi connectivity index (χ2v) is 5.29. The number of hydrogen-bond acceptors (Lipinski definition) is 1. The van der Waals surface area contributed by atoms with Crippen LogP contribution in [-0.2, 0) is 0 Å². The molecule has 0 saturated carbocycles. The predicted octanol–water partition coefficient (Wildman–Crippen LogP) is 4.86. The summed E-state index contributed by atoms with van der Waals surface area (Å²) in [5.74, 6) is 1.41. The molecule has 100 valence electrons. The van der Waals surface area contributed by atoms with Gasteiger partial charge in [0, 0.05) is 5.02 Å². The highest BCUT2D eigenvalue weighted by Gasteiger charge is 2.25. The lowest BCUT2D eigenvalue weighted by atomic mass is 10.2. The zero-order valence-electron chi connectivity index (χ0n) is 10.7. The Bertz CT molecular complexity index is 707. The number of methoxy groups -OCH3 is 1. The smallest absolute Gasteiger partial charge is 0.497 e. The van der Waals surface area contributed by atoms with Crippen LogP contribution in [0.4, 0.5) is 0 Å². The van der Waals surface area contributed by atoms with Gasteiger partial charge in [-0.3, -0.25) is 4.37 Å². The Morgan fingerprint density at radius 3 is 2.30 bits per heavy atom. The highest BCUT2D eigenvalue weighted by Crippen LogP contribution is 2.30. The number of halogens is 1. The highest BCUT2D eigenvalue weighted by molar-refractivity contribution is 7.08. The molecule has 0 aliphatic heterocycles. The second kappa shape index (κ2) is 5.61. The Morgan fingerprint density at radius 2 is 1.65 bits per heavy atom. The molecular formula is C15H11ClNO2S+. The minimum atomic E-state index is 0.595. The summed E-state index contributed by atoms with van der Waals surface area (Å²) in [5.41, 5.74) is 1.88. The van der Waals surface area contributed by atoms with Gasteiger partial charge in [0.2, 0.25) is 0 Å². The third kappa shape index (κ3) is 2.66. The van der Waals surface area contributed by atoms with E-state index < -0.39 is 0 Å². The van der Waals surface area contributed by atoms with Gasteiger partial charge in [0.25, 0.3) is 11.5 Å². The topological polar surface area (TPSA) is 34.6 Å². The van der Waals surface area contributed by atoms with Crippen molar-refractivity contribution < 1.29 is 9.15 Å².